The van der Waals surface area contributed by atoms with Crippen LogP contribution in [0.25, 0.3) is 0 Å². The maximum Gasteiger partial charge on any atom is 0.0632 e. The molecule has 1 aliphatic heterocycles. The molecule has 2 rings (SSSR count). The third kappa shape index (κ3) is 2.38. The molecule has 0 radical (unpaired) electrons. The van der Waals surface area contributed by atoms with Gasteiger partial charge in [-0.05, 0) is 63.2 Å². The van der Waals surface area contributed by atoms with Crippen molar-refractivity contribution < 1.29 is 4.74 Å². The lowest BCUT2D eigenvalue weighted by Gasteiger charge is -2.38. The SMILES string of the molecule is CC(C)C1CCC2(CC1)COC(C)(C)C2. The molecule has 1 nitrogen and oxygen atoms in total. The molecule has 0 atom stereocenters. The van der Waals surface area contributed by atoms with Crippen molar-refractivity contribution in [2.75, 3.05) is 6.61 Å². The predicted octanol–water partition coefficient (Wildman–Crippen LogP) is 4.02. The summed E-state index contributed by atoms with van der Waals surface area (Å²) in [6, 6.07) is 0. The standard InChI is InChI=1S/C14H26O/c1-11(2)12-5-7-14(8-6-12)9-13(3,4)15-10-14/h11-12H,5-10H2,1-4H3. The minimum absolute atomic E-state index is 0.144. The lowest BCUT2D eigenvalue weighted by atomic mass is 9.66. The molecule has 0 unspecified atom stereocenters. The minimum atomic E-state index is 0.144. The van der Waals surface area contributed by atoms with Gasteiger partial charge in [-0.25, -0.2) is 0 Å². The number of ether oxygens (including phenoxy) is 1. The molecule has 1 saturated heterocycles. The van der Waals surface area contributed by atoms with Crippen LogP contribution in [0, 0.1) is 17.3 Å². The Hall–Kier alpha value is -0.0400. The molecule has 1 heteroatoms. The van der Waals surface area contributed by atoms with Gasteiger partial charge in [0, 0.05) is 0 Å². The first-order valence-corrected chi connectivity index (χ1v) is 6.57. The van der Waals surface area contributed by atoms with Crippen LogP contribution in [0.1, 0.15) is 59.8 Å². The molecule has 88 valence electrons. The van der Waals surface area contributed by atoms with E-state index in [9.17, 15) is 0 Å². The molecule has 1 spiro atoms. The summed E-state index contributed by atoms with van der Waals surface area (Å²) in [6.07, 6.45) is 6.94. The van der Waals surface area contributed by atoms with E-state index in [0.717, 1.165) is 18.4 Å². The van der Waals surface area contributed by atoms with Crippen LogP contribution in [-0.4, -0.2) is 12.2 Å². The fraction of sp³-hybridized carbons (Fsp3) is 1.00. The van der Waals surface area contributed by atoms with E-state index in [4.69, 9.17) is 4.74 Å². The first-order chi connectivity index (χ1) is 6.93. The second-order valence-corrected chi connectivity index (χ2v) is 6.81. The van der Waals surface area contributed by atoms with Crippen molar-refractivity contribution in [2.24, 2.45) is 17.3 Å². The van der Waals surface area contributed by atoms with Gasteiger partial charge in [0.2, 0.25) is 0 Å². The second kappa shape index (κ2) is 3.76. The molecule has 2 aliphatic rings. The van der Waals surface area contributed by atoms with Crippen LogP contribution >= 0.6 is 0 Å². The highest BCUT2D eigenvalue weighted by molar-refractivity contribution is 4.95. The Morgan fingerprint density at radius 2 is 1.73 bits per heavy atom. The van der Waals surface area contributed by atoms with Crippen LogP contribution in [-0.2, 0) is 4.74 Å². The third-order valence-electron chi connectivity index (χ3n) is 4.60. The first kappa shape index (κ1) is 11.4. The molecule has 15 heavy (non-hydrogen) atoms. The van der Waals surface area contributed by atoms with Crippen LogP contribution in [0.2, 0.25) is 0 Å². The van der Waals surface area contributed by atoms with E-state index in [1.807, 2.05) is 0 Å². The zero-order chi connectivity index (χ0) is 11.1. The topological polar surface area (TPSA) is 9.23 Å². The Kier molecular flexibility index (Phi) is 2.87. The van der Waals surface area contributed by atoms with Gasteiger partial charge >= 0.3 is 0 Å². The maximum absolute atomic E-state index is 5.93. The molecular weight excluding hydrogens is 184 g/mol. The zero-order valence-corrected chi connectivity index (χ0v) is 10.8. The molecule has 2 fully saturated rings. The van der Waals surface area contributed by atoms with Crippen molar-refractivity contribution in [3.63, 3.8) is 0 Å². The Morgan fingerprint density at radius 1 is 1.13 bits per heavy atom. The van der Waals surface area contributed by atoms with E-state index >= 15 is 0 Å². The fourth-order valence-corrected chi connectivity index (χ4v) is 3.59. The summed E-state index contributed by atoms with van der Waals surface area (Å²) in [6.45, 7) is 10.3. The Balaban J connectivity index is 1.93. The van der Waals surface area contributed by atoms with Gasteiger partial charge in [-0.15, -0.1) is 0 Å². The molecular formula is C14H26O. The van der Waals surface area contributed by atoms with E-state index in [1.165, 1.54) is 32.1 Å². The number of hydrogen-bond donors (Lipinski definition) is 0. The molecule has 1 saturated carbocycles. The minimum Gasteiger partial charge on any atom is -0.375 e. The van der Waals surface area contributed by atoms with Gasteiger partial charge in [-0.3, -0.25) is 0 Å². The van der Waals surface area contributed by atoms with E-state index in [1.54, 1.807) is 0 Å². The quantitative estimate of drug-likeness (QED) is 0.635. The van der Waals surface area contributed by atoms with Crippen LogP contribution in [0.4, 0.5) is 0 Å². The van der Waals surface area contributed by atoms with E-state index in [0.29, 0.717) is 5.41 Å². The summed E-state index contributed by atoms with van der Waals surface area (Å²) in [5, 5.41) is 0. The monoisotopic (exact) mass is 210 g/mol. The average molecular weight is 210 g/mol. The van der Waals surface area contributed by atoms with E-state index in [2.05, 4.69) is 27.7 Å². The van der Waals surface area contributed by atoms with Gasteiger partial charge in [0.05, 0.1) is 12.2 Å². The van der Waals surface area contributed by atoms with Crippen molar-refractivity contribution in [1.82, 2.24) is 0 Å². The summed E-state index contributed by atoms with van der Waals surface area (Å²) in [5.41, 5.74) is 0.694. The summed E-state index contributed by atoms with van der Waals surface area (Å²) in [7, 11) is 0. The van der Waals surface area contributed by atoms with Gasteiger partial charge in [-0.1, -0.05) is 13.8 Å². The molecule has 0 N–H and O–H groups in total. The Morgan fingerprint density at radius 3 is 2.13 bits per heavy atom. The van der Waals surface area contributed by atoms with Crippen molar-refractivity contribution in [2.45, 2.75) is 65.4 Å². The van der Waals surface area contributed by atoms with Gasteiger partial charge in [0.25, 0.3) is 0 Å². The van der Waals surface area contributed by atoms with Gasteiger partial charge in [0.1, 0.15) is 0 Å². The largest absolute Gasteiger partial charge is 0.375 e. The number of rotatable bonds is 1. The van der Waals surface area contributed by atoms with E-state index < -0.39 is 0 Å². The average Bonchev–Trinajstić information content (AvgIpc) is 2.43. The lowest BCUT2D eigenvalue weighted by molar-refractivity contribution is 0.0260. The van der Waals surface area contributed by atoms with Crippen LogP contribution < -0.4 is 0 Å². The highest BCUT2D eigenvalue weighted by atomic mass is 16.5. The molecule has 0 aromatic heterocycles. The van der Waals surface area contributed by atoms with Gasteiger partial charge in [0.15, 0.2) is 0 Å². The Labute approximate surface area is 94.6 Å². The predicted molar refractivity (Wildman–Crippen MR) is 63.9 cm³/mol. The highest BCUT2D eigenvalue weighted by Gasteiger charge is 2.46. The molecule has 0 bridgehead atoms. The highest BCUT2D eigenvalue weighted by Crippen LogP contribution is 2.50. The second-order valence-electron chi connectivity index (χ2n) is 6.81. The number of hydrogen-bond acceptors (Lipinski definition) is 1. The third-order valence-corrected chi connectivity index (χ3v) is 4.60. The normalized spacial score (nSPS) is 40.2. The molecule has 0 aromatic carbocycles. The van der Waals surface area contributed by atoms with Crippen molar-refractivity contribution in [1.29, 1.82) is 0 Å². The zero-order valence-electron chi connectivity index (χ0n) is 10.8. The van der Waals surface area contributed by atoms with Crippen molar-refractivity contribution in [3.8, 4) is 0 Å². The van der Waals surface area contributed by atoms with Crippen LogP contribution in [0.3, 0.4) is 0 Å². The summed E-state index contributed by atoms with van der Waals surface area (Å²) in [4.78, 5) is 0. The first-order valence-electron chi connectivity index (χ1n) is 6.57. The van der Waals surface area contributed by atoms with Crippen molar-refractivity contribution in [3.05, 3.63) is 0 Å². The van der Waals surface area contributed by atoms with Crippen LogP contribution in [0.5, 0.6) is 0 Å². The molecule has 0 aromatic rings. The molecule has 1 aliphatic carbocycles. The van der Waals surface area contributed by atoms with Gasteiger partial charge < -0.3 is 4.74 Å². The summed E-state index contributed by atoms with van der Waals surface area (Å²) < 4.78 is 5.93. The maximum atomic E-state index is 5.93. The fourth-order valence-electron chi connectivity index (χ4n) is 3.59. The smallest absolute Gasteiger partial charge is 0.0632 e. The lowest BCUT2D eigenvalue weighted by Crippen LogP contribution is -2.30. The van der Waals surface area contributed by atoms with Crippen LogP contribution in [0.15, 0.2) is 0 Å². The van der Waals surface area contributed by atoms with Gasteiger partial charge in [-0.2, -0.15) is 0 Å². The Bertz CT molecular complexity index is 221. The molecule has 1 heterocycles. The van der Waals surface area contributed by atoms with Crippen molar-refractivity contribution >= 4 is 0 Å². The summed E-state index contributed by atoms with van der Waals surface area (Å²) >= 11 is 0. The summed E-state index contributed by atoms with van der Waals surface area (Å²) in [5.74, 6) is 1.84. The molecule has 0 amide bonds. The van der Waals surface area contributed by atoms with E-state index in [-0.39, 0.29) is 5.60 Å².